The Kier molecular flexibility index (Phi) is 5.96. The molecule has 0 heterocycles. The number of nitrogens with two attached hydrogens (primary N) is 1. The molecule has 0 aliphatic heterocycles. The number of aryl methyl sites for hydroxylation is 1. The second-order valence-corrected chi connectivity index (χ2v) is 5.29. The average molecular weight is 265 g/mol. The first-order valence-corrected chi connectivity index (χ1v) is 6.23. The zero-order valence-electron chi connectivity index (χ0n) is 9.30. The highest BCUT2D eigenvalue weighted by Crippen LogP contribution is 2.10. The van der Waals surface area contributed by atoms with Crippen LogP contribution in [0.25, 0.3) is 0 Å². The Morgan fingerprint density at radius 1 is 1.31 bits per heavy atom. The molecule has 0 spiro atoms. The highest BCUT2D eigenvalue weighted by atomic mass is 35.5. The molecule has 0 amide bonds. The normalized spacial score (nSPS) is 12.9. The Morgan fingerprint density at radius 2 is 1.81 bits per heavy atom. The van der Waals surface area contributed by atoms with E-state index in [1.54, 1.807) is 31.2 Å². The number of hydrogen-bond acceptors (Lipinski definition) is 3. The van der Waals surface area contributed by atoms with Gasteiger partial charge in [-0.1, -0.05) is 17.7 Å². The van der Waals surface area contributed by atoms with Crippen LogP contribution in [-0.2, 0) is 10.0 Å². The van der Waals surface area contributed by atoms with E-state index in [1.807, 2.05) is 6.92 Å². The number of rotatable bonds is 4. The van der Waals surface area contributed by atoms with Crippen LogP contribution in [0.4, 0.5) is 0 Å². The van der Waals surface area contributed by atoms with E-state index >= 15 is 0 Å². The van der Waals surface area contributed by atoms with Gasteiger partial charge in [0.2, 0.25) is 10.0 Å². The lowest BCUT2D eigenvalue weighted by atomic mass is 10.2. The number of nitrogens with one attached hydrogen (secondary N) is 1. The van der Waals surface area contributed by atoms with Crippen LogP contribution in [0.1, 0.15) is 12.5 Å². The second kappa shape index (κ2) is 6.20. The van der Waals surface area contributed by atoms with E-state index in [-0.39, 0.29) is 29.9 Å². The summed E-state index contributed by atoms with van der Waals surface area (Å²) in [5.74, 6) is 0. The number of halogens is 1. The summed E-state index contributed by atoms with van der Waals surface area (Å²) in [6.07, 6.45) is 0. The zero-order chi connectivity index (χ0) is 11.5. The molecular weight excluding hydrogens is 248 g/mol. The van der Waals surface area contributed by atoms with E-state index in [2.05, 4.69) is 4.72 Å². The van der Waals surface area contributed by atoms with Crippen LogP contribution >= 0.6 is 12.4 Å². The first kappa shape index (κ1) is 15.4. The van der Waals surface area contributed by atoms with Gasteiger partial charge in [0, 0.05) is 12.6 Å². The van der Waals surface area contributed by atoms with E-state index < -0.39 is 10.0 Å². The van der Waals surface area contributed by atoms with Crippen molar-refractivity contribution in [3.8, 4) is 0 Å². The topological polar surface area (TPSA) is 72.2 Å². The third-order valence-corrected chi connectivity index (χ3v) is 3.65. The van der Waals surface area contributed by atoms with Gasteiger partial charge in [0.05, 0.1) is 4.90 Å². The van der Waals surface area contributed by atoms with Crippen molar-refractivity contribution in [1.82, 2.24) is 4.72 Å². The minimum atomic E-state index is -3.42. The summed E-state index contributed by atoms with van der Waals surface area (Å²) in [7, 11) is -3.42. The summed E-state index contributed by atoms with van der Waals surface area (Å²) in [5.41, 5.74) is 6.38. The Balaban J connectivity index is 0.00000225. The lowest BCUT2D eigenvalue weighted by Gasteiger charge is -2.11. The molecular formula is C10H17ClN2O2S. The molecule has 0 bridgehead atoms. The van der Waals surface area contributed by atoms with Gasteiger partial charge in [-0.05, 0) is 26.0 Å². The minimum Gasteiger partial charge on any atom is -0.329 e. The molecule has 0 aromatic heterocycles. The standard InChI is InChI=1S/C10H16N2O2S.ClH/c1-8-3-5-10(6-4-8)15(13,14)12-9(2)7-11;/h3-6,9,12H,7,11H2,1-2H3;1H/t9-;/m0./s1. The summed E-state index contributed by atoms with van der Waals surface area (Å²) in [5, 5.41) is 0. The minimum absolute atomic E-state index is 0. The molecule has 0 saturated carbocycles. The van der Waals surface area contributed by atoms with Crippen LogP contribution < -0.4 is 10.5 Å². The molecule has 0 unspecified atom stereocenters. The molecule has 6 heteroatoms. The number of benzene rings is 1. The van der Waals surface area contributed by atoms with Gasteiger partial charge in [-0.2, -0.15) is 0 Å². The van der Waals surface area contributed by atoms with E-state index in [4.69, 9.17) is 5.73 Å². The Bertz CT molecular complexity index is 417. The van der Waals surface area contributed by atoms with Gasteiger partial charge in [0.1, 0.15) is 0 Å². The summed E-state index contributed by atoms with van der Waals surface area (Å²) in [6.45, 7) is 3.92. The van der Waals surface area contributed by atoms with Crippen molar-refractivity contribution >= 4 is 22.4 Å². The van der Waals surface area contributed by atoms with Gasteiger partial charge < -0.3 is 5.73 Å². The van der Waals surface area contributed by atoms with Crippen LogP contribution in [0, 0.1) is 6.92 Å². The Labute approximate surface area is 103 Å². The molecule has 4 nitrogen and oxygen atoms in total. The van der Waals surface area contributed by atoms with E-state index in [0.29, 0.717) is 0 Å². The van der Waals surface area contributed by atoms with Crippen LogP contribution in [0.2, 0.25) is 0 Å². The van der Waals surface area contributed by atoms with Crippen molar-refractivity contribution in [3.63, 3.8) is 0 Å². The van der Waals surface area contributed by atoms with Gasteiger partial charge in [0.15, 0.2) is 0 Å². The Hall–Kier alpha value is -0.620. The average Bonchev–Trinajstić information content (AvgIpc) is 2.17. The maximum Gasteiger partial charge on any atom is 0.240 e. The first-order valence-electron chi connectivity index (χ1n) is 4.75. The maximum absolute atomic E-state index is 11.7. The van der Waals surface area contributed by atoms with Gasteiger partial charge in [0.25, 0.3) is 0 Å². The van der Waals surface area contributed by atoms with Crippen LogP contribution in [0.5, 0.6) is 0 Å². The molecule has 3 N–H and O–H groups in total. The third kappa shape index (κ3) is 4.09. The van der Waals surface area contributed by atoms with Gasteiger partial charge in [-0.15, -0.1) is 12.4 Å². The third-order valence-electron chi connectivity index (χ3n) is 2.04. The lowest BCUT2D eigenvalue weighted by molar-refractivity contribution is 0.562. The predicted octanol–water partition coefficient (Wildman–Crippen LogP) is 1.04. The van der Waals surface area contributed by atoms with Crippen molar-refractivity contribution in [1.29, 1.82) is 0 Å². The summed E-state index contributed by atoms with van der Waals surface area (Å²) in [4.78, 5) is 0.272. The van der Waals surface area contributed by atoms with Crippen molar-refractivity contribution in [2.45, 2.75) is 24.8 Å². The molecule has 0 aliphatic rings. The molecule has 0 aliphatic carbocycles. The highest BCUT2D eigenvalue weighted by Gasteiger charge is 2.15. The van der Waals surface area contributed by atoms with Gasteiger partial charge in [-0.3, -0.25) is 0 Å². The fourth-order valence-corrected chi connectivity index (χ4v) is 2.35. The fourth-order valence-electron chi connectivity index (χ4n) is 1.10. The summed E-state index contributed by atoms with van der Waals surface area (Å²) < 4.78 is 26.0. The number of hydrogen-bond donors (Lipinski definition) is 2. The lowest BCUT2D eigenvalue weighted by Crippen LogP contribution is -2.37. The SMILES string of the molecule is Cc1ccc(S(=O)(=O)N[C@@H](C)CN)cc1.Cl. The molecule has 1 aromatic rings. The van der Waals surface area contributed by atoms with Crippen LogP contribution in [0.3, 0.4) is 0 Å². The summed E-state index contributed by atoms with van der Waals surface area (Å²) >= 11 is 0. The largest absolute Gasteiger partial charge is 0.329 e. The van der Waals surface area contributed by atoms with Gasteiger partial charge >= 0.3 is 0 Å². The molecule has 0 saturated heterocycles. The summed E-state index contributed by atoms with van der Waals surface area (Å²) in [6, 6.07) is 6.45. The van der Waals surface area contributed by atoms with Crippen molar-refractivity contribution in [2.24, 2.45) is 5.73 Å². The number of sulfonamides is 1. The maximum atomic E-state index is 11.7. The molecule has 1 aromatic carbocycles. The smallest absolute Gasteiger partial charge is 0.240 e. The van der Waals surface area contributed by atoms with Gasteiger partial charge in [-0.25, -0.2) is 13.1 Å². The molecule has 0 fully saturated rings. The quantitative estimate of drug-likeness (QED) is 0.854. The first-order chi connectivity index (χ1) is 6.95. The molecule has 0 radical (unpaired) electrons. The fraction of sp³-hybridized carbons (Fsp3) is 0.400. The van der Waals surface area contributed by atoms with E-state index in [1.165, 1.54) is 0 Å². The monoisotopic (exact) mass is 264 g/mol. The van der Waals surface area contributed by atoms with Crippen molar-refractivity contribution in [3.05, 3.63) is 29.8 Å². The molecule has 92 valence electrons. The predicted molar refractivity (Wildman–Crippen MR) is 67.3 cm³/mol. The van der Waals surface area contributed by atoms with E-state index in [0.717, 1.165) is 5.56 Å². The Morgan fingerprint density at radius 3 is 2.25 bits per heavy atom. The molecule has 16 heavy (non-hydrogen) atoms. The van der Waals surface area contributed by atoms with Crippen LogP contribution in [-0.4, -0.2) is 21.0 Å². The molecule has 1 rings (SSSR count). The second-order valence-electron chi connectivity index (χ2n) is 3.57. The van der Waals surface area contributed by atoms with Crippen molar-refractivity contribution < 1.29 is 8.42 Å². The van der Waals surface area contributed by atoms with Crippen molar-refractivity contribution in [2.75, 3.05) is 6.54 Å². The van der Waals surface area contributed by atoms with Crippen LogP contribution in [0.15, 0.2) is 29.2 Å². The zero-order valence-corrected chi connectivity index (χ0v) is 10.9. The molecule has 1 atom stereocenters. The van der Waals surface area contributed by atoms with E-state index in [9.17, 15) is 8.42 Å². The highest BCUT2D eigenvalue weighted by molar-refractivity contribution is 7.89.